The van der Waals surface area contributed by atoms with Crippen LogP contribution in [0.15, 0.2) is 3.92 Å². The van der Waals surface area contributed by atoms with Crippen LogP contribution in [0.4, 0.5) is 0 Å². The first-order chi connectivity index (χ1) is 4.68. The van der Waals surface area contributed by atoms with Crippen molar-refractivity contribution in [3.63, 3.8) is 0 Å². The van der Waals surface area contributed by atoms with Gasteiger partial charge < -0.3 is 0 Å². The Morgan fingerprint density at radius 2 is 2.50 bits per heavy atom. The molecular formula is C5H5BrN2OS. The molecule has 0 saturated heterocycles. The van der Waals surface area contributed by atoms with Gasteiger partial charge >= 0.3 is 0 Å². The molecule has 0 bridgehead atoms. The molecule has 0 aliphatic heterocycles. The molecule has 0 fully saturated rings. The number of hydrogen-bond acceptors (Lipinski definition) is 4. The van der Waals surface area contributed by atoms with Gasteiger partial charge in [-0.3, -0.25) is 4.79 Å². The third-order valence-corrected chi connectivity index (χ3v) is 2.01. The van der Waals surface area contributed by atoms with Gasteiger partial charge in [0.25, 0.3) is 0 Å². The molecule has 0 aliphatic carbocycles. The number of nitrogens with zero attached hydrogens (tertiary/aromatic N) is 2. The molecule has 0 N–H and O–H groups in total. The predicted octanol–water partition coefficient (Wildman–Crippen LogP) is 1.43. The highest BCUT2D eigenvalue weighted by Gasteiger charge is 2.02. The Bertz CT molecular complexity index is 248. The summed E-state index contributed by atoms with van der Waals surface area (Å²) in [6.45, 7) is 1.52. The summed E-state index contributed by atoms with van der Waals surface area (Å²) in [7, 11) is 0. The zero-order chi connectivity index (χ0) is 7.56. The van der Waals surface area contributed by atoms with Crippen LogP contribution in [0.3, 0.4) is 0 Å². The zero-order valence-corrected chi connectivity index (χ0v) is 7.70. The third kappa shape index (κ3) is 2.15. The summed E-state index contributed by atoms with van der Waals surface area (Å²) in [5, 5.41) is 0. The molecule has 0 atom stereocenters. The topological polar surface area (TPSA) is 42.9 Å². The normalized spacial score (nSPS) is 9.80. The lowest BCUT2D eigenvalue weighted by Gasteiger charge is -1.83. The van der Waals surface area contributed by atoms with E-state index in [0.29, 0.717) is 12.2 Å². The minimum absolute atomic E-state index is 0.0882. The number of aromatic nitrogens is 2. The van der Waals surface area contributed by atoms with Crippen LogP contribution in [-0.2, 0) is 11.2 Å². The second-order valence-corrected chi connectivity index (χ2v) is 3.87. The van der Waals surface area contributed by atoms with Crippen molar-refractivity contribution < 1.29 is 4.79 Å². The van der Waals surface area contributed by atoms with Crippen LogP contribution < -0.4 is 0 Å². The molecule has 5 heteroatoms. The van der Waals surface area contributed by atoms with E-state index in [1.54, 1.807) is 0 Å². The van der Waals surface area contributed by atoms with Crippen molar-refractivity contribution in [2.24, 2.45) is 0 Å². The molecule has 1 rings (SSSR count). The summed E-state index contributed by atoms with van der Waals surface area (Å²) in [4.78, 5) is 14.5. The molecule has 0 saturated carbocycles. The molecule has 0 unspecified atom stereocenters. The van der Waals surface area contributed by atoms with E-state index in [1.807, 2.05) is 0 Å². The second-order valence-electron chi connectivity index (χ2n) is 1.84. The zero-order valence-electron chi connectivity index (χ0n) is 5.30. The molecule has 1 aromatic heterocycles. The Hall–Kier alpha value is -0.290. The van der Waals surface area contributed by atoms with E-state index in [2.05, 4.69) is 25.3 Å². The average Bonchev–Trinajstić information content (AvgIpc) is 2.13. The predicted molar refractivity (Wildman–Crippen MR) is 42.0 cm³/mol. The lowest BCUT2D eigenvalue weighted by molar-refractivity contribution is -0.116. The van der Waals surface area contributed by atoms with Gasteiger partial charge in [0, 0.05) is 0 Å². The van der Waals surface area contributed by atoms with E-state index >= 15 is 0 Å². The first kappa shape index (κ1) is 7.81. The number of rotatable bonds is 2. The van der Waals surface area contributed by atoms with Crippen LogP contribution >= 0.6 is 27.5 Å². The summed E-state index contributed by atoms with van der Waals surface area (Å²) < 4.78 is 4.64. The largest absolute Gasteiger partial charge is 0.300 e. The molecule has 1 heterocycles. The second kappa shape index (κ2) is 3.21. The maximum absolute atomic E-state index is 10.5. The number of ketones is 1. The Balaban J connectivity index is 2.67. The van der Waals surface area contributed by atoms with E-state index in [1.165, 1.54) is 18.5 Å². The van der Waals surface area contributed by atoms with Gasteiger partial charge in [-0.05, 0) is 34.4 Å². The Morgan fingerprint density at radius 1 is 1.80 bits per heavy atom. The SMILES string of the molecule is CC(=O)Cc1nsc(Br)n1. The molecule has 0 spiro atoms. The van der Waals surface area contributed by atoms with E-state index in [9.17, 15) is 4.79 Å². The Kier molecular flexibility index (Phi) is 2.50. The van der Waals surface area contributed by atoms with Crippen molar-refractivity contribution in [3.05, 3.63) is 9.74 Å². The first-order valence-corrected chi connectivity index (χ1v) is 4.22. The highest BCUT2D eigenvalue weighted by atomic mass is 79.9. The average molecular weight is 221 g/mol. The van der Waals surface area contributed by atoms with Crippen molar-refractivity contribution in [1.82, 2.24) is 9.36 Å². The first-order valence-electron chi connectivity index (χ1n) is 2.66. The minimum atomic E-state index is 0.0882. The summed E-state index contributed by atoms with van der Waals surface area (Å²) >= 11 is 4.41. The third-order valence-electron chi connectivity index (χ3n) is 0.850. The van der Waals surface area contributed by atoms with Crippen molar-refractivity contribution in [3.8, 4) is 0 Å². The van der Waals surface area contributed by atoms with Crippen LogP contribution in [0.5, 0.6) is 0 Å². The van der Waals surface area contributed by atoms with E-state index < -0.39 is 0 Å². The number of carbonyl (C=O) groups excluding carboxylic acids is 1. The summed E-state index contributed by atoms with van der Waals surface area (Å²) in [6.07, 6.45) is 0.335. The Labute approximate surface area is 70.8 Å². The van der Waals surface area contributed by atoms with Gasteiger partial charge in [-0.25, -0.2) is 4.98 Å². The fourth-order valence-electron chi connectivity index (χ4n) is 0.527. The Morgan fingerprint density at radius 3 is 2.90 bits per heavy atom. The van der Waals surface area contributed by atoms with Gasteiger partial charge in [0.15, 0.2) is 9.74 Å². The van der Waals surface area contributed by atoms with Crippen LogP contribution in [0.25, 0.3) is 0 Å². The van der Waals surface area contributed by atoms with Crippen LogP contribution in [0.1, 0.15) is 12.7 Å². The van der Waals surface area contributed by atoms with Crippen molar-refractivity contribution >= 4 is 33.2 Å². The van der Waals surface area contributed by atoms with E-state index in [0.717, 1.165) is 3.92 Å². The monoisotopic (exact) mass is 220 g/mol. The van der Waals surface area contributed by atoms with Crippen molar-refractivity contribution in [1.29, 1.82) is 0 Å². The smallest absolute Gasteiger partial charge is 0.179 e. The molecular weight excluding hydrogens is 216 g/mol. The van der Waals surface area contributed by atoms with E-state index in [4.69, 9.17) is 0 Å². The molecule has 3 nitrogen and oxygen atoms in total. The van der Waals surface area contributed by atoms with Crippen LogP contribution in [-0.4, -0.2) is 15.1 Å². The highest BCUT2D eigenvalue weighted by Crippen LogP contribution is 2.11. The maximum Gasteiger partial charge on any atom is 0.179 e. The number of hydrogen-bond donors (Lipinski definition) is 0. The van der Waals surface area contributed by atoms with Gasteiger partial charge in [-0.2, -0.15) is 4.37 Å². The summed E-state index contributed by atoms with van der Waals surface area (Å²) in [5.74, 6) is 0.690. The standard InChI is InChI=1S/C5H5BrN2OS/c1-3(9)2-4-7-5(6)10-8-4/h2H2,1H3. The molecule has 0 amide bonds. The van der Waals surface area contributed by atoms with Gasteiger partial charge in [0.1, 0.15) is 5.78 Å². The van der Waals surface area contributed by atoms with Gasteiger partial charge in [-0.1, -0.05) is 0 Å². The number of carbonyl (C=O) groups is 1. The molecule has 0 radical (unpaired) electrons. The molecule has 54 valence electrons. The fraction of sp³-hybridized carbons (Fsp3) is 0.400. The molecule has 0 aliphatic rings. The van der Waals surface area contributed by atoms with Crippen LogP contribution in [0, 0.1) is 0 Å². The van der Waals surface area contributed by atoms with E-state index in [-0.39, 0.29) is 5.78 Å². The lowest BCUT2D eigenvalue weighted by Crippen LogP contribution is -1.97. The summed E-state index contributed by atoms with van der Waals surface area (Å²) in [5.41, 5.74) is 0. The maximum atomic E-state index is 10.5. The van der Waals surface area contributed by atoms with Gasteiger partial charge in [-0.15, -0.1) is 0 Å². The van der Waals surface area contributed by atoms with Gasteiger partial charge in [0.05, 0.1) is 6.42 Å². The fourth-order valence-corrected chi connectivity index (χ4v) is 1.38. The molecule has 0 aromatic carbocycles. The van der Waals surface area contributed by atoms with Crippen LogP contribution in [0.2, 0.25) is 0 Å². The highest BCUT2D eigenvalue weighted by molar-refractivity contribution is 9.11. The quantitative estimate of drug-likeness (QED) is 0.758. The van der Waals surface area contributed by atoms with Crippen molar-refractivity contribution in [2.75, 3.05) is 0 Å². The van der Waals surface area contributed by atoms with Gasteiger partial charge in [0.2, 0.25) is 0 Å². The lowest BCUT2D eigenvalue weighted by atomic mass is 10.3. The molecule has 10 heavy (non-hydrogen) atoms. The number of halogens is 1. The molecule has 1 aromatic rings. The summed E-state index contributed by atoms with van der Waals surface area (Å²) in [6, 6.07) is 0. The van der Waals surface area contributed by atoms with Crippen molar-refractivity contribution in [2.45, 2.75) is 13.3 Å². The minimum Gasteiger partial charge on any atom is -0.300 e. The number of Topliss-reactive ketones (excluding diaryl/α,β-unsaturated/α-hetero) is 1.